The summed E-state index contributed by atoms with van der Waals surface area (Å²) < 4.78 is 1.84. The first-order chi connectivity index (χ1) is 16.5. The number of fused-ring (bicyclic) bond motifs is 1. The third-order valence-electron chi connectivity index (χ3n) is 6.56. The predicted molar refractivity (Wildman–Crippen MR) is 133 cm³/mol. The zero-order valence-corrected chi connectivity index (χ0v) is 19.9. The number of nitrogens with one attached hydrogen (secondary N) is 1. The van der Waals surface area contributed by atoms with E-state index in [1.165, 1.54) is 19.3 Å². The van der Waals surface area contributed by atoms with Gasteiger partial charge in [-0.3, -0.25) is 19.7 Å². The summed E-state index contributed by atoms with van der Waals surface area (Å²) in [6, 6.07) is 14.7. The predicted octanol–water partition coefficient (Wildman–Crippen LogP) is 5.06. The monoisotopic (exact) mass is 460 g/mol. The fraction of sp³-hybridized carbons (Fsp3) is 0.407. The molecule has 1 fully saturated rings. The molecule has 0 spiro atoms. The van der Waals surface area contributed by atoms with Crippen molar-refractivity contribution in [3.8, 4) is 0 Å². The van der Waals surface area contributed by atoms with E-state index in [1.54, 1.807) is 37.3 Å². The molecule has 178 valence electrons. The number of imidazole rings is 1. The van der Waals surface area contributed by atoms with Crippen molar-refractivity contribution in [1.82, 2.24) is 14.5 Å². The SMILES string of the molecule is CCN(C(=O)c1ccc2c(c1)nc(NC(=O)c1ccccc1)n2CCC(C)=O)C1CCCCC1. The summed E-state index contributed by atoms with van der Waals surface area (Å²) in [5.41, 5.74) is 2.52. The van der Waals surface area contributed by atoms with Gasteiger partial charge in [0.05, 0.1) is 11.0 Å². The first kappa shape index (κ1) is 23.7. The first-order valence-corrected chi connectivity index (χ1v) is 12.1. The van der Waals surface area contributed by atoms with Gasteiger partial charge in [-0.05, 0) is 57.0 Å². The van der Waals surface area contributed by atoms with Gasteiger partial charge in [0, 0.05) is 36.7 Å². The normalized spacial score (nSPS) is 14.2. The van der Waals surface area contributed by atoms with Crippen LogP contribution in [-0.4, -0.2) is 44.6 Å². The van der Waals surface area contributed by atoms with Gasteiger partial charge in [-0.15, -0.1) is 0 Å². The maximum Gasteiger partial charge on any atom is 0.257 e. The smallest absolute Gasteiger partial charge is 0.257 e. The highest BCUT2D eigenvalue weighted by atomic mass is 16.2. The molecule has 7 heteroatoms. The van der Waals surface area contributed by atoms with Crippen LogP contribution in [0.2, 0.25) is 0 Å². The molecule has 1 aliphatic carbocycles. The third-order valence-corrected chi connectivity index (χ3v) is 6.56. The molecule has 0 radical (unpaired) electrons. The molecule has 1 heterocycles. The number of benzene rings is 2. The Labute approximate surface area is 200 Å². The van der Waals surface area contributed by atoms with E-state index < -0.39 is 0 Å². The molecule has 0 saturated heterocycles. The fourth-order valence-electron chi connectivity index (χ4n) is 4.74. The highest BCUT2D eigenvalue weighted by molar-refractivity contribution is 6.04. The molecule has 2 aromatic carbocycles. The van der Waals surface area contributed by atoms with E-state index in [1.807, 2.05) is 34.6 Å². The number of rotatable bonds is 8. The van der Waals surface area contributed by atoms with Gasteiger partial charge in [-0.25, -0.2) is 4.98 Å². The minimum absolute atomic E-state index is 0.0180. The second-order valence-electron chi connectivity index (χ2n) is 8.95. The molecule has 34 heavy (non-hydrogen) atoms. The van der Waals surface area contributed by atoms with Crippen LogP contribution in [0.1, 0.15) is 73.1 Å². The molecule has 0 bridgehead atoms. The molecule has 7 nitrogen and oxygen atoms in total. The van der Waals surface area contributed by atoms with Crippen LogP contribution >= 0.6 is 0 Å². The lowest BCUT2D eigenvalue weighted by Gasteiger charge is -2.33. The number of amides is 2. The van der Waals surface area contributed by atoms with Crippen LogP contribution in [0.15, 0.2) is 48.5 Å². The maximum absolute atomic E-state index is 13.4. The lowest BCUT2D eigenvalue weighted by molar-refractivity contribution is -0.117. The topological polar surface area (TPSA) is 84.3 Å². The number of carbonyl (C=O) groups is 3. The highest BCUT2D eigenvalue weighted by Gasteiger charge is 2.26. The number of nitrogens with zero attached hydrogens (tertiary/aromatic N) is 3. The van der Waals surface area contributed by atoms with E-state index in [2.05, 4.69) is 10.3 Å². The number of hydrogen-bond donors (Lipinski definition) is 1. The quantitative estimate of drug-likeness (QED) is 0.509. The van der Waals surface area contributed by atoms with Crippen LogP contribution in [0.5, 0.6) is 0 Å². The van der Waals surface area contributed by atoms with E-state index in [9.17, 15) is 14.4 Å². The molecule has 1 saturated carbocycles. The number of carbonyl (C=O) groups excluding carboxylic acids is 3. The average molecular weight is 461 g/mol. The van der Waals surface area contributed by atoms with Crippen molar-refractivity contribution < 1.29 is 14.4 Å². The minimum atomic E-state index is -0.272. The van der Waals surface area contributed by atoms with Gasteiger partial charge in [0.25, 0.3) is 11.8 Å². The van der Waals surface area contributed by atoms with E-state index in [0.29, 0.717) is 42.1 Å². The molecule has 0 aliphatic heterocycles. The van der Waals surface area contributed by atoms with Gasteiger partial charge in [0.15, 0.2) is 0 Å². The number of hydrogen-bond acceptors (Lipinski definition) is 4. The molecule has 1 N–H and O–H groups in total. The van der Waals surface area contributed by atoms with Gasteiger partial charge >= 0.3 is 0 Å². The summed E-state index contributed by atoms with van der Waals surface area (Å²) in [7, 11) is 0. The van der Waals surface area contributed by atoms with Gasteiger partial charge < -0.3 is 9.47 Å². The van der Waals surface area contributed by atoms with Crippen molar-refractivity contribution in [2.45, 2.75) is 65.0 Å². The van der Waals surface area contributed by atoms with E-state index in [4.69, 9.17) is 0 Å². The molecular weight excluding hydrogens is 428 g/mol. The minimum Gasteiger partial charge on any atom is -0.336 e. The van der Waals surface area contributed by atoms with E-state index >= 15 is 0 Å². The number of ketones is 1. The molecule has 2 amide bonds. The maximum atomic E-state index is 13.4. The summed E-state index contributed by atoms with van der Waals surface area (Å²) >= 11 is 0. The second kappa shape index (κ2) is 10.6. The van der Waals surface area contributed by atoms with Crippen LogP contribution < -0.4 is 5.32 Å². The van der Waals surface area contributed by atoms with Crippen molar-refractivity contribution in [1.29, 1.82) is 0 Å². The van der Waals surface area contributed by atoms with Crippen molar-refractivity contribution in [2.75, 3.05) is 11.9 Å². The van der Waals surface area contributed by atoms with Gasteiger partial charge in [-0.1, -0.05) is 37.5 Å². The van der Waals surface area contributed by atoms with Gasteiger partial charge in [0.1, 0.15) is 5.78 Å². The van der Waals surface area contributed by atoms with Crippen LogP contribution in [-0.2, 0) is 11.3 Å². The molecule has 1 aromatic heterocycles. The van der Waals surface area contributed by atoms with Crippen LogP contribution in [0.3, 0.4) is 0 Å². The average Bonchev–Trinajstić information content (AvgIpc) is 3.20. The van der Waals surface area contributed by atoms with Crippen molar-refractivity contribution in [3.05, 3.63) is 59.7 Å². The Bertz CT molecular complexity index is 1180. The molecule has 1 aliphatic rings. The molecule has 0 unspecified atom stereocenters. The van der Waals surface area contributed by atoms with Crippen LogP contribution in [0, 0.1) is 0 Å². The molecular formula is C27H32N4O3. The fourth-order valence-corrected chi connectivity index (χ4v) is 4.74. The molecule has 4 rings (SSSR count). The van der Waals surface area contributed by atoms with Crippen LogP contribution in [0.4, 0.5) is 5.95 Å². The first-order valence-electron chi connectivity index (χ1n) is 12.1. The largest absolute Gasteiger partial charge is 0.336 e. The molecule has 3 aromatic rings. The number of aryl methyl sites for hydroxylation is 1. The Morgan fingerprint density at radius 3 is 2.44 bits per heavy atom. The lowest BCUT2D eigenvalue weighted by atomic mass is 9.93. The summed E-state index contributed by atoms with van der Waals surface area (Å²) in [4.78, 5) is 44.4. The lowest BCUT2D eigenvalue weighted by Crippen LogP contribution is -2.41. The number of anilines is 1. The van der Waals surface area contributed by atoms with E-state index in [-0.39, 0.29) is 23.6 Å². The zero-order chi connectivity index (χ0) is 24.1. The standard InChI is InChI=1S/C27H32N4O3/c1-3-30(22-12-8-5-9-13-22)26(34)21-14-15-24-23(18-21)28-27(31(24)17-16-19(2)32)29-25(33)20-10-6-4-7-11-20/h4,6-7,10-11,14-15,18,22H,3,5,8-9,12-13,16-17H2,1-2H3,(H,28,29,33). The molecule has 0 atom stereocenters. The second-order valence-corrected chi connectivity index (χ2v) is 8.95. The van der Waals surface area contributed by atoms with Crippen molar-refractivity contribution in [3.63, 3.8) is 0 Å². The third kappa shape index (κ3) is 5.19. The Kier molecular flexibility index (Phi) is 7.40. The number of aromatic nitrogens is 2. The Morgan fingerprint density at radius 1 is 1.03 bits per heavy atom. The zero-order valence-electron chi connectivity index (χ0n) is 19.9. The summed E-state index contributed by atoms with van der Waals surface area (Å²) in [5.74, 6) is 0.171. The Morgan fingerprint density at radius 2 is 1.76 bits per heavy atom. The van der Waals surface area contributed by atoms with Crippen LogP contribution in [0.25, 0.3) is 11.0 Å². The van der Waals surface area contributed by atoms with Crippen molar-refractivity contribution in [2.24, 2.45) is 0 Å². The highest BCUT2D eigenvalue weighted by Crippen LogP contribution is 2.26. The van der Waals surface area contributed by atoms with Gasteiger partial charge in [-0.2, -0.15) is 0 Å². The van der Waals surface area contributed by atoms with Crippen molar-refractivity contribution >= 4 is 34.6 Å². The Hall–Kier alpha value is -3.48. The summed E-state index contributed by atoms with van der Waals surface area (Å²) in [6.07, 6.45) is 6.00. The summed E-state index contributed by atoms with van der Waals surface area (Å²) in [5, 5.41) is 2.88. The number of Topliss-reactive ketones (excluding diaryl/α,β-unsaturated/α-hetero) is 1. The summed E-state index contributed by atoms with van der Waals surface area (Å²) in [6.45, 7) is 4.64. The Balaban J connectivity index is 1.65. The van der Waals surface area contributed by atoms with Gasteiger partial charge in [0.2, 0.25) is 5.95 Å². The van der Waals surface area contributed by atoms with E-state index in [0.717, 1.165) is 18.4 Å².